The summed E-state index contributed by atoms with van der Waals surface area (Å²) in [4.78, 5) is 14.5. The molecule has 2 aliphatic rings. The lowest BCUT2D eigenvalue weighted by atomic mass is 10.1. The fourth-order valence-electron chi connectivity index (χ4n) is 3.46. The quantitative estimate of drug-likeness (QED) is 0.790. The van der Waals surface area contributed by atoms with Gasteiger partial charge in [-0.3, -0.25) is 14.0 Å². The average Bonchev–Trinajstić information content (AvgIpc) is 3.16. The predicted octanol–water partition coefficient (Wildman–Crippen LogP) is 1.23. The summed E-state index contributed by atoms with van der Waals surface area (Å²) >= 11 is 0. The summed E-state index contributed by atoms with van der Waals surface area (Å²) in [6.07, 6.45) is 3.81. The van der Waals surface area contributed by atoms with Crippen molar-refractivity contribution >= 4 is 5.91 Å². The van der Waals surface area contributed by atoms with Crippen LogP contribution in [0.4, 0.5) is 0 Å². The minimum absolute atomic E-state index is 0.0897. The number of hydrogen-bond acceptors (Lipinski definition) is 4. The summed E-state index contributed by atoms with van der Waals surface area (Å²) in [7, 11) is 1.90. The fourth-order valence-corrected chi connectivity index (χ4v) is 3.46. The number of hydrogen-bond donors (Lipinski definition) is 0. The second kappa shape index (κ2) is 4.16. The Morgan fingerprint density at radius 2 is 2.14 bits per heavy atom. The minimum atomic E-state index is -0.251. The van der Waals surface area contributed by atoms with Gasteiger partial charge in [-0.15, -0.1) is 10.2 Å². The van der Waals surface area contributed by atoms with Crippen molar-refractivity contribution in [1.29, 1.82) is 0 Å². The predicted molar refractivity (Wildman–Crippen MR) is 75.4 cm³/mol. The van der Waals surface area contributed by atoms with E-state index < -0.39 is 0 Å². The second-order valence-electron chi connectivity index (χ2n) is 5.88. The van der Waals surface area contributed by atoms with E-state index in [1.807, 2.05) is 35.0 Å². The van der Waals surface area contributed by atoms with Crippen molar-refractivity contribution in [2.24, 2.45) is 7.05 Å². The highest BCUT2D eigenvalue weighted by Crippen LogP contribution is 2.40. The van der Waals surface area contributed by atoms with Crippen LogP contribution in [-0.2, 0) is 11.8 Å². The van der Waals surface area contributed by atoms with E-state index in [2.05, 4.69) is 15.3 Å². The molecule has 0 bridgehead atoms. The number of aryl methyl sites for hydroxylation is 1. The Hall–Kier alpha value is -2.18. The molecule has 0 N–H and O–H groups in total. The van der Waals surface area contributed by atoms with Crippen molar-refractivity contribution in [2.75, 3.05) is 6.54 Å². The number of fused-ring (bicyclic) bond motifs is 3. The molecule has 1 fully saturated rings. The third-order valence-electron chi connectivity index (χ3n) is 4.78. The fraction of sp³-hybridized carbons (Fsp3) is 0.571. The third-order valence-corrected chi connectivity index (χ3v) is 4.78. The van der Waals surface area contributed by atoms with Gasteiger partial charge in [0.15, 0.2) is 11.6 Å². The molecule has 7 heteroatoms. The van der Waals surface area contributed by atoms with Crippen LogP contribution in [0.2, 0.25) is 0 Å². The van der Waals surface area contributed by atoms with Crippen molar-refractivity contribution in [3.63, 3.8) is 0 Å². The van der Waals surface area contributed by atoms with Crippen LogP contribution in [0.15, 0.2) is 6.20 Å². The van der Waals surface area contributed by atoms with Gasteiger partial charge in [0.1, 0.15) is 6.04 Å². The van der Waals surface area contributed by atoms with Gasteiger partial charge in [-0.2, -0.15) is 5.10 Å². The SMILES string of the molecule is Cc1c(-c2nnc3n2[C@@H](C)C(=O)N2CCC[C@H]32)cnn1C. The summed E-state index contributed by atoms with van der Waals surface area (Å²) in [5, 5.41) is 13.0. The first-order valence-electron chi connectivity index (χ1n) is 7.34. The van der Waals surface area contributed by atoms with Crippen LogP contribution in [0.25, 0.3) is 11.4 Å². The van der Waals surface area contributed by atoms with Crippen LogP contribution < -0.4 is 0 Å². The number of aromatic nitrogens is 5. The largest absolute Gasteiger partial charge is 0.331 e. The zero-order valence-corrected chi connectivity index (χ0v) is 12.4. The van der Waals surface area contributed by atoms with E-state index in [4.69, 9.17) is 0 Å². The molecule has 2 atom stereocenters. The number of carbonyl (C=O) groups excluding carboxylic acids is 1. The Kier molecular flexibility index (Phi) is 2.49. The van der Waals surface area contributed by atoms with Crippen molar-refractivity contribution in [3.8, 4) is 11.4 Å². The van der Waals surface area contributed by atoms with Gasteiger partial charge >= 0.3 is 0 Å². The number of amides is 1. The maximum Gasteiger partial charge on any atom is 0.246 e. The maximum atomic E-state index is 12.6. The van der Waals surface area contributed by atoms with Gasteiger partial charge in [0.2, 0.25) is 5.91 Å². The van der Waals surface area contributed by atoms with Crippen LogP contribution in [-0.4, -0.2) is 41.9 Å². The molecule has 0 spiro atoms. The first-order chi connectivity index (χ1) is 10.1. The highest BCUT2D eigenvalue weighted by molar-refractivity contribution is 5.83. The molecule has 0 saturated carbocycles. The molecule has 2 aromatic heterocycles. The van der Waals surface area contributed by atoms with E-state index in [9.17, 15) is 4.79 Å². The van der Waals surface area contributed by atoms with E-state index in [1.54, 1.807) is 6.20 Å². The third kappa shape index (κ3) is 1.54. The number of carbonyl (C=O) groups is 1. The lowest BCUT2D eigenvalue weighted by molar-refractivity contribution is -0.137. The summed E-state index contributed by atoms with van der Waals surface area (Å²) in [6.45, 7) is 4.77. The Morgan fingerprint density at radius 3 is 2.86 bits per heavy atom. The Labute approximate surface area is 122 Å². The van der Waals surface area contributed by atoms with Crippen LogP contribution in [0.5, 0.6) is 0 Å². The zero-order chi connectivity index (χ0) is 14.7. The van der Waals surface area contributed by atoms with Crippen molar-refractivity contribution in [3.05, 3.63) is 17.7 Å². The molecular weight excluding hydrogens is 268 g/mol. The van der Waals surface area contributed by atoms with Gasteiger partial charge in [0.25, 0.3) is 0 Å². The van der Waals surface area contributed by atoms with Crippen LogP contribution in [0, 0.1) is 6.92 Å². The summed E-state index contributed by atoms with van der Waals surface area (Å²) in [6, 6.07) is -0.161. The minimum Gasteiger partial charge on any atom is -0.331 e. The molecule has 4 rings (SSSR count). The van der Waals surface area contributed by atoms with Gasteiger partial charge in [-0.25, -0.2) is 0 Å². The molecule has 0 unspecified atom stereocenters. The molecule has 7 nitrogen and oxygen atoms in total. The second-order valence-corrected chi connectivity index (χ2v) is 5.88. The molecule has 1 saturated heterocycles. The van der Waals surface area contributed by atoms with E-state index >= 15 is 0 Å². The molecule has 0 radical (unpaired) electrons. The van der Waals surface area contributed by atoms with Gasteiger partial charge in [-0.1, -0.05) is 0 Å². The van der Waals surface area contributed by atoms with E-state index in [0.29, 0.717) is 0 Å². The Balaban J connectivity index is 1.91. The van der Waals surface area contributed by atoms with Crippen molar-refractivity contribution in [1.82, 2.24) is 29.4 Å². The van der Waals surface area contributed by atoms with E-state index in [-0.39, 0.29) is 18.0 Å². The molecule has 1 amide bonds. The lowest BCUT2D eigenvalue weighted by Gasteiger charge is -2.34. The lowest BCUT2D eigenvalue weighted by Crippen LogP contribution is -2.42. The molecule has 110 valence electrons. The van der Waals surface area contributed by atoms with Crippen LogP contribution in [0.1, 0.15) is 43.4 Å². The Morgan fingerprint density at radius 1 is 1.33 bits per heavy atom. The highest BCUT2D eigenvalue weighted by atomic mass is 16.2. The van der Waals surface area contributed by atoms with Crippen LogP contribution in [0.3, 0.4) is 0 Å². The molecule has 0 aromatic carbocycles. The average molecular weight is 286 g/mol. The summed E-state index contributed by atoms with van der Waals surface area (Å²) < 4.78 is 3.81. The summed E-state index contributed by atoms with van der Waals surface area (Å²) in [5.74, 6) is 1.84. The standard InChI is InChI=1S/C14H18N6O/c1-8-10(7-15-18(8)3)12-16-17-13-11-5-4-6-19(11)14(21)9(2)20(12)13/h7,9,11H,4-6H2,1-3H3/t9-,11+/m0/s1. The normalized spacial score (nSPS) is 24.3. The molecule has 4 heterocycles. The molecule has 21 heavy (non-hydrogen) atoms. The topological polar surface area (TPSA) is 68.8 Å². The van der Waals surface area contributed by atoms with Crippen molar-refractivity contribution < 1.29 is 4.79 Å². The Bertz CT molecular complexity index is 730. The van der Waals surface area contributed by atoms with Gasteiger partial charge in [-0.05, 0) is 26.7 Å². The monoisotopic (exact) mass is 286 g/mol. The number of rotatable bonds is 1. The molecular formula is C14H18N6O. The number of nitrogens with zero attached hydrogens (tertiary/aromatic N) is 6. The molecule has 2 aromatic rings. The molecule has 0 aliphatic carbocycles. The molecule has 2 aliphatic heterocycles. The van der Waals surface area contributed by atoms with Gasteiger partial charge < -0.3 is 4.90 Å². The first-order valence-corrected chi connectivity index (χ1v) is 7.34. The maximum absolute atomic E-state index is 12.6. The first kappa shape index (κ1) is 12.6. The highest BCUT2D eigenvalue weighted by Gasteiger charge is 2.42. The summed E-state index contributed by atoms with van der Waals surface area (Å²) in [5.41, 5.74) is 1.97. The zero-order valence-electron chi connectivity index (χ0n) is 12.4. The smallest absolute Gasteiger partial charge is 0.246 e. The van der Waals surface area contributed by atoms with E-state index in [0.717, 1.165) is 42.3 Å². The van der Waals surface area contributed by atoms with E-state index in [1.165, 1.54) is 0 Å². The van der Waals surface area contributed by atoms with Crippen LogP contribution >= 0.6 is 0 Å². The van der Waals surface area contributed by atoms with Crippen molar-refractivity contribution in [2.45, 2.75) is 38.8 Å². The van der Waals surface area contributed by atoms with Gasteiger partial charge in [0, 0.05) is 19.3 Å². The van der Waals surface area contributed by atoms with Gasteiger partial charge in [0.05, 0.1) is 17.8 Å².